The monoisotopic (exact) mass is 242 g/mol. The molecule has 0 aliphatic heterocycles. The number of aliphatic hydroxyl groups excluding tert-OH is 2. The van der Waals surface area contributed by atoms with Crippen LogP contribution in [0.3, 0.4) is 0 Å². The van der Waals surface area contributed by atoms with Crippen molar-refractivity contribution in [2.24, 2.45) is 5.73 Å². The van der Waals surface area contributed by atoms with E-state index in [0.717, 1.165) is 0 Å². The third-order valence-corrected chi connectivity index (χ3v) is 2.72. The van der Waals surface area contributed by atoms with E-state index in [0.29, 0.717) is 22.3 Å². The second-order valence-corrected chi connectivity index (χ2v) is 4.23. The molecule has 16 heavy (non-hydrogen) atoms. The number of hydrogen-bond donors (Lipinski definition) is 4. The van der Waals surface area contributed by atoms with Crippen LogP contribution in [0.4, 0.5) is 0 Å². The molecule has 0 radical (unpaired) electrons. The molecule has 1 unspecified atom stereocenters. The number of nitrogens with two attached hydrogens (primary N) is 1. The second kappa shape index (κ2) is 5.78. The lowest BCUT2D eigenvalue weighted by molar-refractivity contribution is 0.113. The van der Waals surface area contributed by atoms with Crippen LogP contribution in [0, 0.1) is 12.3 Å². The van der Waals surface area contributed by atoms with E-state index >= 15 is 0 Å². The van der Waals surface area contributed by atoms with Crippen molar-refractivity contribution in [2.75, 3.05) is 12.4 Å². The van der Waals surface area contributed by atoms with Crippen LogP contribution in [0.15, 0.2) is 11.2 Å². The SMILES string of the molecule is Cc1cc(C(=N)N)nc(SCC(O)CO)n1. The number of aliphatic hydroxyl groups is 2. The number of thioether (sulfide) groups is 1. The minimum absolute atomic E-state index is 0.116. The molecule has 0 fully saturated rings. The minimum atomic E-state index is -0.796. The average Bonchev–Trinajstić information content (AvgIpc) is 2.25. The Bertz CT molecular complexity index is 386. The summed E-state index contributed by atoms with van der Waals surface area (Å²) in [5.74, 6) is 0.187. The van der Waals surface area contributed by atoms with Crippen molar-refractivity contribution in [1.82, 2.24) is 9.97 Å². The van der Waals surface area contributed by atoms with Crippen LogP contribution in [0.25, 0.3) is 0 Å². The van der Waals surface area contributed by atoms with Crippen LogP contribution >= 0.6 is 11.8 Å². The number of nitrogen functional groups attached to an aromatic ring is 1. The molecule has 0 aliphatic rings. The van der Waals surface area contributed by atoms with Crippen LogP contribution in [0.2, 0.25) is 0 Å². The van der Waals surface area contributed by atoms with E-state index in [2.05, 4.69) is 9.97 Å². The molecule has 0 saturated carbocycles. The number of nitrogens with one attached hydrogen (secondary N) is 1. The summed E-state index contributed by atoms with van der Waals surface area (Å²) in [5, 5.41) is 25.5. The van der Waals surface area contributed by atoms with Crippen molar-refractivity contribution in [1.29, 1.82) is 5.41 Å². The molecule has 0 amide bonds. The molecule has 7 heteroatoms. The molecule has 1 rings (SSSR count). The molecule has 0 aliphatic carbocycles. The van der Waals surface area contributed by atoms with Gasteiger partial charge >= 0.3 is 0 Å². The van der Waals surface area contributed by atoms with Crippen LogP contribution in [-0.2, 0) is 0 Å². The van der Waals surface area contributed by atoms with Crippen LogP contribution in [-0.4, -0.2) is 44.5 Å². The molecule has 6 nitrogen and oxygen atoms in total. The Balaban J connectivity index is 2.76. The number of aryl methyl sites for hydroxylation is 1. The van der Waals surface area contributed by atoms with E-state index in [1.165, 1.54) is 11.8 Å². The first-order valence-corrected chi connectivity index (χ1v) is 5.63. The maximum absolute atomic E-state index is 9.17. The van der Waals surface area contributed by atoms with Crippen LogP contribution in [0.1, 0.15) is 11.4 Å². The summed E-state index contributed by atoms with van der Waals surface area (Å²) in [7, 11) is 0. The summed E-state index contributed by atoms with van der Waals surface area (Å²) in [5.41, 5.74) is 6.41. The summed E-state index contributed by atoms with van der Waals surface area (Å²) < 4.78 is 0. The van der Waals surface area contributed by atoms with E-state index < -0.39 is 6.10 Å². The predicted molar refractivity (Wildman–Crippen MR) is 61.6 cm³/mol. The van der Waals surface area contributed by atoms with Crippen molar-refractivity contribution >= 4 is 17.6 Å². The number of hydrogen-bond acceptors (Lipinski definition) is 6. The molecule has 1 heterocycles. The average molecular weight is 242 g/mol. The Labute approximate surface area is 97.4 Å². The molecular weight excluding hydrogens is 228 g/mol. The van der Waals surface area contributed by atoms with E-state index in [-0.39, 0.29) is 12.4 Å². The molecule has 5 N–H and O–H groups in total. The van der Waals surface area contributed by atoms with Crippen LogP contribution < -0.4 is 5.73 Å². The molecular formula is C9H14N4O2S. The maximum Gasteiger partial charge on any atom is 0.188 e. The Morgan fingerprint density at radius 2 is 2.31 bits per heavy atom. The largest absolute Gasteiger partial charge is 0.394 e. The van der Waals surface area contributed by atoms with Gasteiger partial charge < -0.3 is 15.9 Å². The highest BCUT2D eigenvalue weighted by atomic mass is 32.2. The van der Waals surface area contributed by atoms with Gasteiger partial charge in [-0.05, 0) is 13.0 Å². The summed E-state index contributed by atoms with van der Waals surface area (Å²) in [6, 6.07) is 1.62. The van der Waals surface area contributed by atoms with E-state index in [1.807, 2.05) is 0 Å². The van der Waals surface area contributed by atoms with Crippen molar-refractivity contribution < 1.29 is 10.2 Å². The molecule has 1 aromatic rings. The quantitative estimate of drug-likeness (QED) is 0.240. The Morgan fingerprint density at radius 3 is 2.88 bits per heavy atom. The Hall–Kier alpha value is -1.18. The van der Waals surface area contributed by atoms with Crippen molar-refractivity contribution in [2.45, 2.75) is 18.2 Å². The van der Waals surface area contributed by atoms with Gasteiger partial charge in [-0.25, -0.2) is 9.97 Å². The van der Waals surface area contributed by atoms with Gasteiger partial charge in [-0.2, -0.15) is 0 Å². The Morgan fingerprint density at radius 1 is 1.62 bits per heavy atom. The molecule has 0 bridgehead atoms. The van der Waals surface area contributed by atoms with Gasteiger partial charge in [0.2, 0.25) is 0 Å². The zero-order valence-electron chi connectivity index (χ0n) is 8.84. The van der Waals surface area contributed by atoms with Crippen molar-refractivity contribution in [3.05, 3.63) is 17.5 Å². The zero-order valence-corrected chi connectivity index (χ0v) is 9.66. The first kappa shape index (κ1) is 12.9. The van der Waals surface area contributed by atoms with Gasteiger partial charge in [0, 0.05) is 11.4 Å². The third kappa shape index (κ3) is 3.76. The zero-order chi connectivity index (χ0) is 12.1. The number of nitrogens with zero attached hydrogens (tertiary/aromatic N) is 2. The summed E-state index contributed by atoms with van der Waals surface area (Å²) in [6.07, 6.45) is -0.796. The van der Waals surface area contributed by atoms with Crippen molar-refractivity contribution in [3.8, 4) is 0 Å². The minimum Gasteiger partial charge on any atom is -0.394 e. The van der Waals surface area contributed by atoms with Gasteiger partial charge in [-0.15, -0.1) is 0 Å². The third-order valence-electron chi connectivity index (χ3n) is 1.73. The molecule has 88 valence electrons. The van der Waals surface area contributed by atoms with E-state index in [1.54, 1.807) is 13.0 Å². The fourth-order valence-electron chi connectivity index (χ4n) is 0.967. The topological polar surface area (TPSA) is 116 Å². The highest BCUT2D eigenvalue weighted by molar-refractivity contribution is 7.99. The lowest BCUT2D eigenvalue weighted by atomic mass is 10.3. The number of amidine groups is 1. The van der Waals surface area contributed by atoms with E-state index in [9.17, 15) is 5.11 Å². The molecule has 0 spiro atoms. The van der Waals surface area contributed by atoms with Gasteiger partial charge in [0.1, 0.15) is 11.5 Å². The highest BCUT2D eigenvalue weighted by Crippen LogP contribution is 2.15. The first-order chi connectivity index (χ1) is 7.52. The molecule has 0 saturated heterocycles. The van der Waals surface area contributed by atoms with Gasteiger partial charge in [0.15, 0.2) is 5.16 Å². The van der Waals surface area contributed by atoms with Crippen molar-refractivity contribution in [3.63, 3.8) is 0 Å². The fraction of sp³-hybridized carbons (Fsp3) is 0.444. The number of rotatable bonds is 5. The first-order valence-electron chi connectivity index (χ1n) is 4.64. The summed E-state index contributed by atoms with van der Waals surface area (Å²) >= 11 is 1.21. The second-order valence-electron chi connectivity index (χ2n) is 3.24. The number of aromatic nitrogens is 2. The molecule has 1 aromatic heterocycles. The Kier molecular flexibility index (Phi) is 4.66. The summed E-state index contributed by atoms with van der Waals surface area (Å²) in [4.78, 5) is 8.18. The molecule has 1 atom stereocenters. The molecule has 0 aromatic carbocycles. The van der Waals surface area contributed by atoms with Gasteiger partial charge in [0.25, 0.3) is 0 Å². The standard InChI is InChI=1S/C9H14N4O2S/c1-5-2-7(8(10)11)13-9(12-5)16-4-6(15)3-14/h2,6,14-15H,3-4H2,1H3,(H3,10,11). The fourth-order valence-corrected chi connectivity index (χ4v) is 1.79. The smallest absolute Gasteiger partial charge is 0.188 e. The normalized spacial score (nSPS) is 12.4. The summed E-state index contributed by atoms with van der Waals surface area (Å²) in [6.45, 7) is 1.49. The van der Waals surface area contributed by atoms with Gasteiger partial charge in [0.05, 0.1) is 12.7 Å². The van der Waals surface area contributed by atoms with Crippen LogP contribution in [0.5, 0.6) is 0 Å². The van der Waals surface area contributed by atoms with Gasteiger partial charge in [-0.3, -0.25) is 5.41 Å². The maximum atomic E-state index is 9.17. The van der Waals surface area contributed by atoms with Gasteiger partial charge in [-0.1, -0.05) is 11.8 Å². The highest BCUT2D eigenvalue weighted by Gasteiger charge is 2.08. The lowest BCUT2D eigenvalue weighted by Crippen LogP contribution is -2.16. The van der Waals surface area contributed by atoms with E-state index in [4.69, 9.17) is 16.2 Å². The predicted octanol–water partition coefficient (Wildman–Crippen LogP) is -0.486. The lowest BCUT2D eigenvalue weighted by Gasteiger charge is -2.07.